The maximum atomic E-state index is 11.8. The number of nitrogens with one attached hydrogen (secondary N) is 1. The monoisotopic (exact) mass is 285 g/mol. The molecule has 0 saturated carbocycles. The van der Waals surface area contributed by atoms with Gasteiger partial charge in [0.05, 0.1) is 7.11 Å². The Bertz CT molecular complexity index is 619. The molecule has 0 aliphatic rings. The molecule has 0 bridgehead atoms. The Morgan fingerprint density at radius 3 is 2.14 bits per heavy atom. The number of carbonyl (C=O) groups is 1. The number of anilines is 1. The lowest BCUT2D eigenvalue weighted by Crippen LogP contribution is -2.40. The van der Waals surface area contributed by atoms with Gasteiger partial charge in [0, 0.05) is 5.69 Å². The number of aryl methyl sites for hydroxylation is 1. The fraction of sp³-hybridized carbons (Fsp3) is 0.235. The summed E-state index contributed by atoms with van der Waals surface area (Å²) in [5, 5.41) is 12.7. The molecule has 0 aliphatic heterocycles. The summed E-state index contributed by atoms with van der Waals surface area (Å²) in [5.74, 6) is -0.241. The van der Waals surface area contributed by atoms with E-state index in [0.29, 0.717) is 11.3 Å². The highest BCUT2D eigenvalue weighted by molar-refractivity contribution is 5.84. The molecule has 4 heteroatoms. The predicted molar refractivity (Wildman–Crippen MR) is 82.8 cm³/mol. The predicted octanol–water partition coefficient (Wildman–Crippen LogP) is 3.42. The maximum absolute atomic E-state index is 11.8. The van der Waals surface area contributed by atoms with Gasteiger partial charge in [0.1, 0.15) is 5.75 Å². The Balaban J connectivity index is 2.34. The van der Waals surface area contributed by atoms with Crippen LogP contribution in [0.1, 0.15) is 18.1 Å². The normalized spacial score (nSPS) is 13.3. The molecule has 4 nitrogen and oxygen atoms in total. The average Bonchev–Trinajstić information content (AvgIpc) is 2.49. The van der Waals surface area contributed by atoms with Crippen molar-refractivity contribution in [3.63, 3.8) is 0 Å². The molecule has 1 unspecified atom stereocenters. The van der Waals surface area contributed by atoms with Gasteiger partial charge >= 0.3 is 5.97 Å². The highest BCUT2D eigenvalue weighted by Crippen LogP contribution is 2.28. The third-order valence-electron chi connectivity index (χ3n) is 3.54. The third-order valence-corrected chi connectivity index (χ3v) is 3.54. The van der Waals surface area contributed by atoms with Crippen LogP contribution in [0.5, 0.6) is 5.75 Å². The lowest BCUT2D eigenvalue weighted by atomic mass is 9.91. The standard InChI is InChI=1S/C17H19NO3/c1-12-4-8-14(9-5-12)18-17(2,16(19)20)13-6-10-15(21-3)11-7-13/h4-11,18H,1-3H3,(H,19,20). The van der Waals surface area contributed by atoms with E-state index in [1.54, 1.807) is 38.3 Å². The summed E-state index contributed by atoms with van der Waals surface area (Å²) >= 11 is 0. The van der Waals surface area contributed by atoms with Crippen LogP contribution in [0.3, 0.4) is 0 Å². The van der Waals surface area contributed by atoms with Crippen LogP contribution in [0.25, 0.3) is 0 Å². The minimum atomic E-state index is -1.21. The van der Waals surface area contributed by atoms with E-state index in [0.717, 1.165) is 11.3 Å². The van der Waals surface area contributed by atoms with Crippen molar-refractivity contribution in [2.24, 2.45) is 0 Å². The fourth-order valence-corrected chi connectivity index (χ4v) is 2.10. The van der Waals surface area contributed by atoms with Crippen molar-refractivity contribution in [1.29, 1.82) is 0 Å². The Labute approximate surface area is 124 Å². The van der Waals surface area contributed by atoms with Crippen LogP contribution in [0.2, 0.25) is 0 Å². The first-order valence-electron chi connectivity index (χ1n) is 6.68. The second-order valence-electron chi connectivity index (χ2n) is 5.15. The molecule has 2 aromatic carbocycles. The van der Waals surface area contributed by atoms with Crippen molar-refractivity contribution in [3.8, 4) is 5.75 Å². The molecular weight excluding hydrogens is 266 g/mol. The Morgan fingerprint density at radius 1 is 1.10 bits per heavy atom. The lowest BCUT2D eigenvalue weighted by Gasteiger charge is -2.28. The molecule has 2 aromatic rings. The smallest absolute Gasteiger partial charge is 0.333 e. The van der Waals surface area contributed by atoms with E-state index in [-0.39, 0.29) is 0 Å². The molecule has 0 aliphatic carbocycles. The van der Waals surface area contributed by atoms with Crippen LogP contribution in [-0.4, -0.2) is 18.2 Å². The van der Waals surface area contributed by atoms with Gasteiger partial charge in [-0.1, -0.05) is 29.8 Å². The van der Waals surface area contributed by atoms with E-state index >= 15 is 0 Å². The topological polar surface area (TPSA) is 58.6 Å². The average molecular weight is 285 g/mol. The summed E-state index contributed by atoms with van der Waals surface area (Å²) in [6.07, 6.45) is 0. The molecule has 0 fully saturated rings. The minimum Gasteiger partial charge on any atom is -0.497 e. The number of ether oxygens (including phenoxy) is 1. The summed E-state index contributed by atoms with van der Waals surface area (Å²) < 4.78 is 5.11. The SMILES string of the molecule is COc1ccc(C(C)(Nc2ccc(C)cc2)C(=O)O)cc1. The van der Waals surface area contributed by atoms with Gasteiger partial charge in [-0.15, -0.1) is 0 Å². The van der Waals surface area contributed by atoms with Crippen molar-refractivity contribution in [2.75, 3.05) is 12.4 Å². The van der Waals surface area contributed by atoms with E-state index in [1.807, 2.05) is 31.2 Å². The van der Waals surface area contributed by atoms with Gasteiger partial charge in [0.15, 0.2) is 5.54 Å². The number of benzene rings is 2. The molecule has 0 aromatic heterocycles. The van der Waals surface area contributed by atoms with Gasteiger partial charge in [-0.05, 0) is 43.7 Å². The van der Waals surface area contributed by atoms with Gasteiger partial charge in [-0.2, -0.15) is 0 Å². The number of methoxy groups -OCH3 is 1. The van der Waals surface area contributed by atoms with Gasteiger partial charge in [0.2, 0.25) is 0 Å². The molecule has 0 spiro atoms. The summed E-state index contributed by atoms with van der Waals surface area (Å²) in [4.78, 5) is 11.8. The number of hydrogen-bond donors (Lipinski definition) is 2. The molecule has 110 valence electrons. The van der Waals surface area contributed by atoms with Crippen LogP contribution in [0.4, 0.5) is 5.69 Å². The fourth-order valence-electron chi connectivity index (χ4n) is 2.10. The van der Waals surface area contributed by atoms with Crippen molar-refractivity contribution in [1.82, 2.24) is 0 Å². The number of aliphatic carboxylic acids is 1. The summed E-state index contributed by atoms with van der Waals surface area (Å²) in [7, 11) is 1.58. The van der Waals surface area contributed by atoms with Crippen LogP contribution in [0, 0.1) is 6.92 Å². The van der Waals surface area contributed by atoms with Crippen LogP contribution >= 0.6 is 0 Å². The molecule has 0 radical (unpaired) electrons. The molecule has 21 heavy (non-hydrogen) atoms. The summed E-state index contributed by atoms with van der Waals surface area (Å²) in [6.45, 7) is 3.64. The van der Waals surface area contributed by atoms with E-state index in [1.165, 1.54) is 0 Å². The molecule has 0 heterocycles. The zero-order valence-corrected chi connectivity index (χ0v) is 12.4. The quantitative estimate of drug-likeness (QED) is 0.883. The minimum absolute atomic E-state index is 0.663. The summed E-state index contributed by atoms with van der Waals surface area (Å²) in [5.41, 5.74) is 1.35. The molecule has 2 rings (SSSR count). The van der Waals surface area contributed by atoms with E-state index in [2.05, 4.69) is 5.32 Å². The maximum Gasteiger partial charge on any atom is 0.333 e. The Morgan fingerprint density at radius 2 is 1.67 bits per heavy atom. The molecule has 2 N–H and O–H groups in total. The molecule has 0 amide bonds. The Kier molecular flexibility index (Phi) is 4.17. The van der Waals surface area contributed by atoms with Gasteiger partial charge < -0.3 is 15.2 Å². The van der Waals surface area contributed by atoms with Crippen LogP contribution in [-0.2, 0) is 10.3 Å². The molecule has 0 saturated heterocycles. The van der Waals surface area contributed by atoms with E-state index < -0.39 is 11.5 Å². The van der Waals surface area contributed by atoms with Crippen molar-refractivity contribution < 1.29 is 14.6 Å². The zero-order valence-electron chi connectivity index (χ0n) is 12.4. The first-order valence-corrected chi connectivity index (χ1v) is 6.68. The Hall–Kier alpha value is -2.49. The first kappa shape index (κ1) is 14.9. The number of hydrogen-bond acceptors (Lipinski definition) is 3. The first-order chi connectivity index (χ1) is 9.95. The lowest BCUT2D eigenvalue weighted by molar-refractivity contribution is -0.142. The third kappa shape index (κ3) is 3.16. The van der Waals surface area contributed by atoms with Gasteiger partial charge in [0.25, 0.3) is 0 Å². The number of carboxylic acids is 1. The van der Waals surface area contributed by atoms with Crippen LogP contribution in [0.15, 0.2) is 48.5 Å². The second-order valence-corrected chi connectivity index (χ2v) is 5.15. The van der Waals surface area contributed by atoms with E-state index in [9.17, 15) is 9.90 Å². The van der Waals surface area contributed by atoms with Gasteiger partial charge in [-0.3, -0.25) is 0 Å². The van der Waals surface area contributed by atoms with Crippen molar-refractivity contribution >= 4 is 11.7 Å². The largest absolute Gasteiger partial charge is 0.497 e. The zero-order chi connectivity index (χ0) is 15.5. The molecular formula is C17H19NO3. The number of rotatable bonds is 5. The highest BCUT2D eigenvalue weighted by atomic mass is 16.5. The highest BCUT2D eigenvalue weighted by Gasteiger charge is 2.35. The van der Waals surface area contributed by atoms with Crippen LogP contribution < -0.4 is 10.1 Å². The molecule has 1 atom stereocenters. The van der Waals surface area contributed by atoms with Crippen molar-refractivity contribution in [3.05, 3.63) is 59.7 Å². The van der Waals surface area contributed by atoms with E-state index in [4.69, 9.17) is 4.74 Å². The second kappa shape index (κ2) is 5.87. The summed E-state index contributed by atoms with van der Waals surface area (Å²) in [6, 6.07) is 14.7. The number of carboxylic acid groups (broad SMARTS) is 1. The van der Waals surface area contributed by atoms with Gasteiger partial charge in [-0.25, -0.2) is 4.79 Å². The van der Waals surface area contributed by atoms with Crippen molar-refractivity contribution in [2.45, 2.75) is 19.4 Å².